The van der Waals surface area contributed by atoms with Gasteiger partial charge < -0.3 is 33.5 Å². The van der Waals surface area contributed by atoms with E-state index < -0.39 is 59.1 Å². The third-order valence-corrected chi connectivity index (χ3v) is 11.1. The first-order valence-corrected chi connectivity index (χ1v) is 21.6. The van der Waals surface area contributed by atoms with Crippen LogP contribution in [-0.2, 0) is 68.8 Å². The molecule has 340 valence electrons. The first-order chi connectivity index (χ1) is 29.9. The van der Waals surface area contributed by atoms with E-state index in [1.807, 2.05) is 24.3 Å². The number of benzene rings is 2. The van der Waals surface area contributed by atoms with Crippen LogP contribution in [0.3, 0.4) is 0 Å². The zero-order chi connectivity index (χ0) is 45.6. The summed E-state index contributed by atoms with van der Waals surface area (Å²) in [5.41, 5.74) is 2.82. The van der Waals surface area contributed by atoms with Crippen LogP contribution in [0.15, 0.2) is 36.4 Å². The molecule has 0 aliphatic carbocycles. The summed E-state index contributed by atoms with van der Waals surface area (Å²) >= 11 is 0. The van der Waals surface area contributed by atoms with Gasteiger partial charge in [0.2, 0.25) is 11.8 Å². The molecule has 0 bridgehead atoms. The van der Waals surface area contributed by atoms with E-state index in [4.69, 9.17) is 23.7 Å². The summed E-state index contributed by atoms with van der Waals surface area (Å²) in [6.45, 7) is 12.8. The quantitative estimate of drug-likeness (QED) is 0.159. The summed E-state index contributed by atoms with van der Waals surface area (Å²) in [5, 5.41) is 0. The molecule has 2 atom stereocenters. The summed E-state index contributed by atoms with van der Waals surface area (Å²) in [7, 11) is 0. The zero-order valence-corrected chi connectivity index (χ0v) is 37.0. The van der Waals surface area contributed by atoms with Crippen LogP contribution in [-0.4, -0.2) is 130 Å². The van der Waals surface area contributed by atoms with Gasteiger partial charge >= 0.3 is 12.2 Å². The molecule has 0 aromatic heterocycles. The normalized spacial score (nSPS) is 19.3. The maximum absolute atomic E-state index is 13.4. The maximum Gasteiger partial charge on any atom is 0.424 e. The zero-order valence-electron chi connectivity index (χ0n) is 37.0. The molecule has 8 amide bonds. The van der Waals surface area contributed by atoms with Gasteiger partial charge in [0.1, 0.15) is 23.3 Å². The summed E-state index contributed by atoms with van der Waals surface area (Å²) in [6, 6.07) is 9.09. The Hall–Kier alpha value is -5.52. The van der Waals surface area contributed by atoms with Gasteiger partial charge in [0, 0.05) is 50.3 Å². The Kier molecular flexibility index (Phi) is 14.8. The van der Waals surface area contributed by atoms with Crippen molar-refractivity contribution in [3.05, 3.63) is 69.8 Å². The number of likely N-dealkylation sites (tertiary alicyclic amines) is 2. The molecule has 2 fully saturated rings. The van der Waals surface area contributed by atoms with Crippen molar-refractivity contribution < 1.29 is 62.0 Å². The Labute approximate surface area is 367 Å². The number of hydrogen-bond donors (Lipinski definition) is 0. The fourth-order valence-electron chi connectivity index (χ4n) is 8.19. The molecule has 2 saturated heterocycles. The fourth-order valence-corrected chi connectivity index (χ4v) is 8.19. The van der Waals surface area contributed by atoms with Gasteiger partial charge in [-0.05, 0) is 114 Å². The molecule has 2 unspecified atom stereocenters. The second-order valence-electron chi connectivity index (χ2n) is 18.0. The van der Waals surface area contributed by atoms with Crippen molar-refractivity contribution in [3.8, 4) is 0 Å². The molecule has 0 spiro atoms. The molecule has 6 rings (SSSR count). The number of fused-ring (bicyclic) bond motifs is 2. The summed E-state index contributed by atoms with van der Waals surface area (Å²) in [5.74, 6) is -3.40. The van der Waals surface area contributed by atoms with Crippen molar-refractivity contribution in [1.82, 2.24) is 19.6 Å². The highest BCUT2D eigenvalue weighted by Gasteiger charge is 2.48. The van der Waals surface area contributed by atoms with Crippen LogP contribution in [0.1, 0.15) is 123 Å². The third-order valence-electron chi connectivity index (χ3n) is 11.1. The van der Waals surface area contributed by atoms with E-state index in [0.717, 1.165) is 22.3 Å². The van der Waals surface area contributed by atoms with E-state index >= 15 is 0 Å². The van der Waals surface area contributed by atoms with Gasteiger partial charge in [-0.25, -0.2) is 9.59 Å². The first-order valence-electron chi connectivity index (χ1n) is 21.6. The fraction of sp³-hybridized carbons (Fsp3) is 0.565. The molecule has 0 saturated carbocycles. The van der Waals surface area contributed by atoms with Crippen molar-refractivity contribution in [1.29, 1.82) is 0 Å². The van der Waals surface area contributed by atoms with E-state index in [9.17, 15) is 38.4 Å². The van der Waals surface area contributed by atoms with Gasteiger partial charge in [-0.3, -0.25) is 28.8 Å². The van der Waals surface area contributed by atoms with Gasteiger partial charge in [-0.15, -0.1) is 0 Å². The number of amides is 8. The maximum atomic E-state index is 13.4. The monoisotopic (exact) mass is 874 g/mol. The Morgan fingerprint density at radius 1 is 0.556 bits per heavy atom. The number of carbonyl (C=O) groups is 8. The molecular weight excluding hydrogens is 817 g/mol. The Balaban J connectivity index is 0.856. The average molecular weight is 875 g/mol. The number of nitrogens with zero attached hydrogens (tertiary/aromatic N) is 4. The number of aryl methyl sites for hydroxylation is 2. The SMILES string of the molecule is CC(C)(C)OC(=O)N1C(=O)CCC(N2Cc3c(CCCOCCOCCOCCCc4cccc5c4CN(C4CCC(=O)N(C(=O)OC(C)(C)C)C4=O)C5=O)cccc3C2=O)C1=O. The molecule has 0 N–H and O–H groups in total. The largest absolute Gasteiger partial charge is 0.443 e. The third kappa shape index (κ3) is 11.2. The smallest absolute Gasteiger partial charge is 0.424 e. The lowest BCUT2D eigenvalue weighted by Gasteiger charge is -2.35. The first kappa shape index (κ1) is 47.0. The summed E-state index contributed by atoms with van der Waals surface area (Å²) < 4.78 is 27.8. The van der Waals surface area contributed by atoms with Crippen molar-refractivity contribution in [2.45, 2.75) is 129 Å². The highest BCUT2D eigenvalue weighted by Crippen LogP contribution is 2.34. The van der Waals surface area contributed by atoms with Gasteiger partial charge in [-0.2, -0.15) is 9.80 Å². The average Bonchev–Trinajstić information content (AvgIpc) is 3.72. The van der Waals surface area contributed by atoms with E-state index in [2.05, 4.69) is 0 Å². The predicted molar refractivity (Wildman–Crippen MR) is 224 cm³/mol. The van der Waals surface area contributed by atoms with E-state index in [1.54, 1.807) is 53.7 Å². The minimum atomic E-state index is -1.03. The number of ether oxygens (including phenoxy) is 5. The molecule has 4 aliphatic heterocycles. The molecule has 4 aliphatic rings. The molecule has 4 heterocycles. The number of carbonyl (C=O) groups excluding carboxylic acids is 8. The minimum absolute atomic E-state index is 0.0564. The van der Waals surface area contributed by atoms with E-state index in [-0.39, 0.29) is 50.6 Å². The van der Waals surface area contributed by atoms with Crippen LogP contribution < -0.4 is 0 Å². The topological polar surface area (TPSA) is 196 Å². The van der Waals surface area contributed by atoms with Crippen LogP contribution in [0.5, 0.6) is 0 Å². The van der Waals surface area contributed by atoms with Crippen LogP contribution in [0.4, 0.5) is 9.59 Å². The molecule has 2 aromatic rings. The Morgan fingerprint density at radius 2 is 0.921 bits per heavy atom. The van der Waals surface area contributed by atoms with Gasteiger partial charge in [0.05, 0.1) is 26.4 Å². The van der Waals surface area contributed by atoms with Gasteiger partial charge in [-0.1, -0.05) is 24.3 Å². The standard InChI is InChI=1S/C46H58N4O13/c1-45(2,3)62-43(57)49-37(51)19-17-35(41(49)55)47-27-33-29(11-7-15-31(33)39(47)53)13-9-21-59-23-25-61-26-24-60-22-10-14-30-12-8-16-32-34(30)28-48(40(32)54)36-18-20-38(52)50(42(36)56)44(58)63-46(4,5)6/h7-8,11-12,15-16,35-36H,9-10,13-14,17-28H2,1-6H3. The lowest BCUT2D eigenvalue weighted by Crippen LogP contribution is -2.57. The highest BCUT2D eigenvalue weighted by molar-refractivity contribution is 6.14. The van der Waals surface area contributed by atoms with E-state index in [0.29, 0.717) is 86.3 Å². The molecule has 2 aromatic carbocycles. The predicted octanol–water partition coefficient (Wildman–Crippen LogP) is 5.12. The van der Waals surface area contributed by atoms with Crippen LogP contribution in [0.25, 0.3) is 0 Å². The van der Waals surface area contributed by atoms with Crippen molar-refractivity contribution in [2.24, 2.45) is 0 Å². The van der Waals surface area contributed by atoms with Crippen LogP contribution >= 0.6 is 0 Å². The van der Waals surface area contributed by atoms with Crippen molar-refractivity contribution >= 4 is 47.6 Å². The molecule has 17 nitrogen and oxygen atoms in total. The molecule has 17 heteroatoms. The lowest BCUT2D eigenvalue weighted by atomic mass is 10.00. The minimum Gasteiger partial charge on any atom is -0.443 e. The van der Waals surface area contributed by atoms with Crippen molar-refractivity contribution in [2.75, 3.05) is 39.6 Å². The number of imide groups is 6. The summed E-state index contributed by atoms with van der Waals surface area (Å²) in [4.78, 5) is 108. The second kappa shape index (κ2) is 19.9. The Bertz CT molecular complexity index is 1970. The molecule has 63 heavy (non-hydrogen) atoms. The number of rotatable bonds is 16. The van der Waals surface area contributed by atoms with Crippen molar-refractivity contribution in [3.63, 3.8) is 0 Å². The van der Waals surface area contributed by atoms with Gasteiger partial charge in [0.25, 0.3) is 23.6 Å². The highest BCUT2D eigenvalue weighted by atomic mass is 16.6. The number of hydrogen-bond acceptors (Lipinski definition) is 13. The van der Waals surface area contributed by atoms with Gasteiger partial charge in [0.15, 0.2) is 0 Å². The van der Waals surface area contributed by atoms with Crippen LogP contribution in [0.2, 0.25) is 0 Å². The molecule has 0 radical (unpaired) electrons. The Morgan fingerprint density at radius 3 is 1.29 bits per heavy atom. The molecular formula is C46H58N4O13. The van der Waals surface area contributed by atoms with E-state index in [1.165, 1.54) is 9.80 Å². The number of piperidine rings is 2. The lowest BCUT2D eigenvalue weighted by molar-refractivity contribution is -0.152. The second-order valence-corrected chi connectivity index (χ2v) is 18.0. The summed E-state index contributed by atoms with van der Waals surface area (Å²) in [6.07, 6.45) is 0.778. The van der Waals surface area contributed by atoms with Crippen LogP contribution in [0, 0.1) is 0 Å².